The maximum Gasteiger partial charge on any atom is 0.319 e. The fraction of sp³-hybridized carbons (Fsp3) is 0.263. The third-order valence-electron chi connectivity index (χ3n) is 3.47. The Bertz CT molecular complexity index is 735. The Hall–Kier alpha value is -3.09. The van der Waals surface area contributed by atoms with E-state index in [0.717, 1.165) is 5.75 Å². The zero-order valence-electron chi connectivity index (χ0n) is 14.5. The molecule has 3 amide bonds. The van der Waals surface area contributed by atoms with Gasteiger partial charge in [-0.2, -0.15) is 0 Å². The predicted molar refractivity (Wildman–Crippen MR) is 98.0 cm³/mol. The summed E-state index contributed by atoms with van der Waals surface area (Å²) in [5, 5.41) is 8.01. The van der Waals surface area contributed by atoms with Gasteiger partial charge in [0.25, 0.3) is 5.91 Å². The Kier molecular flexibility index (Phi) is 7.42. The lowest BCUT2D eigenvalue weighted by atomic mass is 10.2. The summed E-state index contributed by atoms with van der Waals surface area (Å²) in [5.74, 6) is -0.288. The number of nitrogens with one attached hydrogen (secondary N) is 3. The molecule has 0 unspecified atom stereocenters. The number of benzene rings is 2. The summed E-state index contributed by atoms with van der Waals surface area (Å²) in [6.45, 7) is 3.19. The van der Waals surface area contributed by atoms with Crippen LogP contribution in [-0.4, -0.2) is 31.6 Å². The molecule has 2 aromatic carbocycles. The van der Waals surface area contributed by atoms with E-state index in [4.69, 9.17) is 4.74 Å². The maximum atomic E-state index is 13.5. The second-order valence-corrected chi connectivity index (χ2v) is 5.43. The van der Waals surface area contributed by atoms with E-state index in [1.165, 1.54) is 18.2 Å². The van der Waals surface area contributed by atoms with Gasteiger partial charge in [-0.05, 0) is 49.7 Å². The highest BCUT2D eigenvalue weighted by Gasteiger charge is 2.09. The molecule has 0 aromatic heterocycles. The first-order chi connectivity index (χ1) is 12.6. The molecule has 0 heterocycles. The summed E-state index contributed by atoms with van der Waals surface area (Å²) >= 11 is 0. The van der Waals surface area contributed by atoms with Gasteiger partial charge >= 0.3 is 6.03 Å². The van der Waals surface area contributed by atoms with Crippen LogP contribution in [0.1, 0.15) is 23.7 Å². The Morgan fingerprint density at radius 1 is 1.00 bits per heavy atom. The second kappa shape index (κ2) is 10.0. The molecule has 6 nitrogen and oxygen atoms in total. The molecule has 3 N–H and O–H groups in total. The van der Waals surface area contributed by atoms with Crippen LogP contribution in [0.25, 0.3) is 0 Å². The largest absolute Gasteiger partial charge is 0.494 e. The van der Waals surface area contributed by atoms with Gasteiger partial charge in [0, 0.05) is 18.8 Å². The predicted octanol–water partition coefficient (Wildman–Crippen LogP) is 3.17. The molecule has 0 bridgehead atoms. The van der Waals surface area contributed by atoms with Crippen LogP contribution < -0.4 is 20.7 Å². The van der Waals surface area contributed by atoms with Gasteiger partial charge in [-0.3, -0.25) is 4.79 Å². The quantitative estimate of drug-likeness (QED) is 0.634. The summed E-state index contributed by atoms with van der Waals surface area (Å²) in [6.07, 6.45) is 0.525. The third-order valence-corrected chi connectivity index (χ3v) is 3.47. The van der Waals surface area contributed by atoms with Crippen molar-refractivity contribution < 1.29 is 18.7 Å². The highest BCUT2D eigenvalue weighted by molar-refractivity contribution is 5.94. The number of halogens is 1. The molecule has 0 saturated heterocycles. The monoisotopic (exact) mass is 359 g/mol. The van der Waals surface area contributed by atoms with E-state index in [9.17, 15) is 14.0 Å². The summed E-state index contributed by atoms with van der Waals surface area (Å²) in [4.78, 5) is 23.6. The smallest absolute Gasteiger partial charge is 0.319 e. The zero-order valence-corrected chi connectivity index (χ0v) is 14.5. The van der Waals surface area contributed by atoms with Crippen LogP contribution in [-0.2, 0) is 0 Å². The van der Waals surface area contributed by atoms with E-state index >= 15 is 0 Å². The third kappa shape index (κ3) is 6.08. The van der Waals surface area contributed by atoms with Crippen LogP contribution in [0.2, 0.25) is 0 Å². The van der Waals surface area contributed by atoms with Crippen LogP contribution in [0.4, 0.5) is 14.9 Å². The molecule has 26 heavy (non-hydrogen) atoms. The van der Waals surface area contributed by atoms with Crippen LogP contribution in [0.15, 0.2) is 48.5 Å². The lowest BCUT2D eigenvalue weighted by Gasteiger charge is -2.09. The van der Waals surface area contributed by atoms with Crippen molar-refractivity contribution in [3.05, 3.63) is 59.9 Å². The van der Waals surface area contributed by atoms with Crippen LogP contribution in [0.5, 0.6) is 5.75 Å². The highest BCUT2D eigenvalue weighted by Crippen LogP contribution is 2.15. The molecule has 0 aliphatic carbocycles. The van der Waals surface area contributed by atoms with Crippen molar-refractivity contribution in [2.45, 2.75) is 13.3 Å². The zero-order chi connectivity index (χ0) is 18.8. The van der Waals surface area contributed by atoms with Gasteiger partial charge < -0.3 is 20.7 Å². The first-order valence-electron chi connectivity index (χ1n) is 8.40. The molecule has 7 heteroatoms. The SMILES string of the molecule is CCOc1ccc(NC(=O)NCCCNC(=O)c2ccccc2F)cc1. The molecule has 0 aliphatic heterocycles. The molecular formula is C19H22FN3O3. The number of amides is 3. The fourth-order valence-electron chi connectivity index (χ4n) is 2.21. The first kappa shape index (κ1) is 19.2. The number of carbonyl (C=O) groups is 2. The normalized spacial score (nSPS) is 10.1. The molecule has 2 rings (SSSR count). The number of carbonyl (C=O) groups excluding carboxylic acids is 2. The molecule has 0 spiro atoms. The molecule has 0 saturated carbocycles. The molecule has 0 radical (unpaired) electrons. The van der Waals surface area contributed by atoms with Crippen molar-refractivity contribution in [1.29, 1.82) is 0 Å². The average Bonchev–Trinajstić information content (AvgIpc) is 2.63. The van der Waals surface area contributed by atoms with Crippen molar-refractivity contribution in [3.63, 3.8) is 0 Å². The number of rotatable bonds is 8. The first-order valence-corrected chi connectivity index (χ1v) is 8.40. The van der Waals surface area contributed by atoms with E-state index in [-0.39, 0.29) is 11.6 Å². The average molecular weight is 359 g/mol. The van der Waals surface area contributed by atoms with E-state index in [1.807, 2.05) is 6.92 Å². The van der Waals surface area contributed by atoms with Crippen molar-refractivity contribution >= 4 is 17.6 Å². The van der Waals surface area contributed by atoms with E-state index in [2.05, 4.69) is 16.0 Å². The van der Waals surface area contributed by atoms with Gasteiger partial charge in [-0.15, -0.1) is 0 Å². The number of anilines is 1. The van der Waals surface area contributed by atoms with E-state index in [0.29, 0.717) is 31.8 Å². The maximum absolute atomic E-state index is 13.5. The van der Waals surface area contributed by atoms with Gasteiger partial charge in [-0.1, -0.05) is 12.1 Å². The topological polar surface area (TPSA) is 79.5 Å². The summed E-state index contributed by atoms with van der Waals surface area (Å²) in [7, 11) is 0. The molecule has 138 valence electrons. The Labute approximate surface area is 151 Å². The van der Waals surface area contributed by atoms with Gasteiger partial charge in [-0.25, -0.2) is 9.18 Å². The summed E-state index contributed by atoms with van der Waals surface area (Å²) in [5.41, 5.74) is 0.660. The van der Waals surface area contributed by atoms with Crippen LogP contribution in [0, 0.1) is 5.82 Å². The minimum absolute atomic E-state index is 0.00806. The molecule has 0 fully saturated rings. The second-order valence-electron chi connectivity index (χ2n) is 5.43. The van der Waals surface area contributed by atoms with Gasteiger partial charge in [0.2, 0.25) is 0 Å². The minimum Gasteiger partial charge on any atom is -0.494 e. The fourth-order valence-corrected chi connectivity index (χ4v) is 2.21. The van der Waals surface area contributed by atoms with Gasteiger partial charge in [0.05, 0.1) is 12.2 Å². The van der Waals surface area contributed by atoms with Crippen LogP contribution in [0.3, 0.4) is 0 Å². The van der Waals surface area contributed by atoms with E-state index in [1.54, 1.807) is 30.3 Å². The lowest BCUT2D eigenvalue weighted by Crippen LogP contribution is -2.32. The summed E-state index contributed by atoms with van der Waals surface area (Å²) < 4.78 is 18.8. The Morgan fingerprint density at radius 3 is 2.38 bits per heavy atom. The molecule has 0 atom stereocenters. The number of ether oxygens (including phenoxy) is 1. The Balaban J connectivity index is 1.64. The van der Waals surface area contributed by atoms with Gasteiger partial charge in [0.1, 0.15) is 11.6 Å². The van der Waals surface area contributed by atoms with Gasteiger partial charge in [0.15, 0.2) is 0 Å². The molecule has 2 aromatic rings. The number of urea groups is 1. The van der Waals surface area contributed by atoms with Crippen molar-refractivity contribution in [2.24, 2.45) is 0 Å². The molecular weight excluding hydrogens is 337 g/mol. The van der Waals surface area contributed by atoms with Crippen molar-refractivity contribution in [1.82, 2.24) is 10.6 Å². The Morgan fingerprint density at radius 2 is 1.69 bits per heavy atom. The van der Waals surface area contributed by atoms with E-state index < -0.39 is 11.7 Å². The summed E-state index contributed by atoms with van der Waals surface area (Å²) in [6, 6.07) is 12.5. The van der Waals surface area contributed by atoms with Crippen LogP contribution >= 0.6 is 0 Å². The number of hydrogen-bond donors (Lipinski definition) is 3. The number of hydrogen-bond acceptors (Lipinski definition) is 3. The highest BCUT2D eigenvalue weighted by atomic mass is 19.1. The van der Waals surface area contributed by atoms with Crippen molar-refractivity contribution in [2.75, 3.05) is 25.0 Å². The van der Waals surface area contributed by atoms with Crippen molar-refractivity contribution in [3.8, 4) is 5.75 Å². The lowest BCUT2D eigenvalue weighted by molar-refractivity contribution is 0.0949. The standard InChI is InChI=1S/C19H22FN3O3/c1-2-26-15-10-8-14(9-11-15)23-19(25)22-13-5-12-21-18(24)16-6-3-4-7-17(16)20/h3-4,6-11H,2,5,12-13H2,1H3,(H,21,24)(H2,22,23,25). The molecule has 0 aliphatic rings. The minimum atomic E-state index is -0.558.